The molecule has 7 nitrogen and oxygen atoms in total. The zero-order chi connectivity index (χ0) is 17.4. The topological polar surface area (TPSA) is 112 Å². The van der Waals surface area contributed by atoms with Crippen LogP contribution < -0.4 is 10.8 Å². The fourth-order valence-electron chi connectivity index (χ4n) is 3.16. The first kappa shape index (κ1) is 18.4. The first-order valence-electron chi connectivity index (χ1n) is 8.43. The number of hydrogen-bond donors (Lipinski definition) is 4. The van der Waals surface area contributed by atoms with Crippen molar-refractivity contribution in [3.8, 4) is 0 Å². The van der Waals surface area contributed by atoms with Gasteiger partial charge in [0.15, 0.2) is 0 Å². The van der Waals surface area contributed by atoms with E-state index in [9.17, 15) is 14.7 Å². The number of rotatable bonds is 8. The molecule has 1 fully saturated rings. The lowest BCUT2D eigenvalue weighted by atomic mass is 9.84. The molecule has 1 aromatic heterocycles. The van der Waals surface area contributed by atoms with Gasteiger partial charge in [-0.1, -0.05) is 25.3 Å². The highest BCUT2D eigenvalue weighted by Gasteiger charge is 2.28. The van der Waals surface area contributed by atoms with Crippen molar-refractivity contribution < 1.29 is 19.9 Å². The molecular formula is C17H25N3O4. The van der Waals surface area contributed by atoms with Gasteiger partial charge in [0.1, 0.15) is 6.04 Å². The van der Waals surface area contributed by atoms with Crippen LogP contribution in [-0.2, 0) is 22.6 Å². The van der Waals surface area contributed by atoms with Gasteiger partial charge in [0.25, 0.3) is 0 Å². The minimum atomic E-state index is -0.798. The van der Waals surface area contributed by atoms with E-state index in [0.29, 0.717) is 13.0 Å². The summed E-state index contributed by atoms with van der Waals surface area (Å²) in [6.07, 6.45) is 7.69. The van der Waals surface area contributed by atoms with Crippen LogP contribution in [0.5, 0.6) is 0 Å². The highest BCUT2D eigenvalue weighted by Crippen LogP contribution is 2.26. The van der Waals surface area contributed by atoms with E-state index in [1.807, 2.05) is 12.1 Å². The molecule has 24 heavy (non-hydrogen) atoms. The number of nitrogens with zero attached hydrogens (tertiary/aromatic N) is 1. The number of hydrogen-bond acceptors (Lipinski definition) is 5. The molecule has 0 radical (unpaired) electrons. The summed E-state index contributed by atoms with van der Waals surface area (Å²) >= 11 is 0. The maximum atomic E-state index is 11.5. The Kier molecular flexibility index (Phi) is 7.14. The van der Waals surface area contributed by atoms with Crippen molar-refractivity contribution >= 4 is 11.9 Å². The van der Waals surface area contributed by atoms with Crippen LogP contribution in [0.15, 0.2) is 18.3 Å². The number of hydroxylamine groups is 1. The predicted molar refractivity (Wildman–Crippen MR) is 87.3 cm³/mol. The molecule has 2 rings (SSSR count). The zero-order valence-electron chi connectivity index (χ0n) is 13.7. The van der Waals surface area contributed by atoms with Gasteiger partial charge in [-0.25, -0.2) is 5.48 Å². The van der Waals surface area contributed by atoms with E-state index in [2.05, 4.69) is 10.3 Å². The van der Waals surface area contributed by atoms with Gasteiger partial charge in [-0.3, -0.25) is 25.1 Å². The summed E-state index contributed by atoms with van der Waals surface area (Å²) in [5, 5.41) is 21.0. The standard InChI is InChI=1S/C17H25N3O4/c21-15(20-24)9-7-12-6-8-14(18-10-12)11-19-16(17(22)23)13-4-2-1-3-5-13/h6,8,10,13,16,19,24H,1-5,7,9,11H2,(H,20,21)(H,22,23). The first-order chi connectivity index (χ1) is 11.6. The third-order valence-electron chi connectivity index (χ3n) is 4.54. The van der Waals surface area contributed by atoms with Crippen LogP contribution in [0.25, 0.3) is 0 Å². The summed E-state index contributed by atoms with van der Waals surface area (Å²) in [7, 11) is 0. The van der Waals surface area contributed by atoms with Crippen molar-refractivity contribution in [2.45, 2.75) is 57.5 Å². The molecule has 1 unspecified atom stereocenters. The SMILES string of the molecule is O=C(CCc1ccc(CNC(C(=O)O)C2CCCCC2)nc1)NO. The average Bonchev–Trinajstić information content (AvgIpc) is 2.61. The molecule has 1 atom stereocenters. The number of aryl methyl sites for hydroxylation is 1. The highest BCUT2D eigenvalue weighted by molar-refractivity contribution is 5.74. The van der Waals surface area contributed by atoms with E-state index < -0.39 is 17.9 Å². The summed E-state index contributed by atoms with van der Waals surface area (Å²) in [4.78, 5) is 26.8. The number of amides is 1. The van der Waals surface area contributed by atoms with E-state index in [-0.39, 0.29) is 12.3 Å². The second kappa shape index (κ2) is 9.34. The van der Waals surface area contributed by atoms with E-state index in [1.54, 1.807) is 11.7 Å². The molecular weight excluding hydrogens is 310 g/mol. The number of pyridine rings is 1. The van der Waals surface area contributed by atoms with E-state index in [0.717, 1.165) is 36.9 Å². The Morgan fingerprint density at radius 2 is 2.00 bits per heavy atom. The Balaban J connectivity index is 1.85. The van der Waals surface area contributed by atoms with Crippen molar-refractivity contribution in [2.24, 2.45) is 5.92 Å². The molecule has 1 heterocycles. The van der Waals surface area contributed by atoms with Gasteiger partial charge in [-0.15, -0.1) is 0 Å². The lowest BCUT2D eigenvalue weighted by Crippen LogP contribution is -2.43. The van der Waals surface area contributed by atoms with Crippen LogP contribution in [-0.4, -0.2) is 33.2 Å². The third-order valence-corrected chi connectivity index (χ3v) is 4.54. The molecule has 0 saturated heterocycles. The molecule has 1 aromatic rings. The minimum Gasteiger partial charge on any atom is -0.480 e. The summed E-state index contributed by atoms with van der Waals surface area (Å²) in [6.45, 7) is 0.408. The highest BCUT2D eigenvalue weighted by atomic mass is 16.5. The lowest BCUT2D eigenvalue weighted by molar-refractivity contribution is -0.141. The van der Waals surface area contributed by atoms with E-state index in [1.165, 1.54) is 6.42 Å². The fraction of sp³-hybridized carbons (Fsp3) is 0.588. The van der Waals surface area contributed by atoms with Crippen LogP contribution in [0.4, 0.5) is 0 Å². The second-order valence-electron chi connectivity index (χ2n) is 6.29. The van der Waals surface area contributed by atoms with Crippen LogP contribution >= 0.6 is 0 Å². The van der Waals surface area contributed by atoms with Gasteiger partial charge < -0.3 is 5.11 Å². The van der Waals surface area contributed by atoms with Crippen LogP contribution in [0.1, 0.15) is 49.8 Å². The maximum Gasteiger partial charge on any atom is 0.320 e. The molecule has 0 bridgehead atoms. The van der Waals surface area contributed by atoms with Gasteiger partial charge in [0.2, 0.25) is 5.91 Å². The summed E-state index contributed by atoms with van der Waals surface area (Å²) in [5.41, 5.74) is 3.26. The van der Waals surface area contributed by atoms with Crippen molar-refractivity contribution in [1.29, 1.82) is 0 Å². The normalized spacial score (nSPS) is 16.5. The maximum absolute atomic E-state index is 11.5. The molecule has 0 aliphatic heterocycles. The van der Waals surface area contributed by atoms with Gasteiger partial charge >= 0.3 is 5.97 Å². The molecule has 1 aliphatic carbocycles. The number of carboxylic acid groups (broad SMARTS) is 1. The largest absolute Gasteiger partial charge is 0.480 e. The van der Waals surface area contributed by atoms with Crippen molar-refractivity contribution in [1.82, 2.24) is 15.8 Å². The first-order valence-corrected chi connectivity index (χ1v) is 8.43. The second-order valence-corrected chi connectivity index (χ2v) is 6.29. The Labute approximate surface area is 141 Å². The zero-order valence-corrected chi connectivity index (χ0v) is 13.7. The number of aliphatic carboxylic acids is 1. The van der Waals surface area contributed by atoms with E-state index >= 15 is 0 Å². The molecule has 4 N–H and O–H groups in total. The number of carbonyl (C=O) groups is 2. The molecule has 1 aliphatic rings. The summed E-state index contributed by atoms with van der Waals surface area (Å²) in [6, 6.07) is 3.17. The van der Waals surface area contributed by atoms with Crippen LogP contribution in [0, 0.1) is 5.92 Å². The van der Waals surface area contributed by atoms with Crippen molar-refractivity contribution in [2.75, 3.05) is 0 Å². The molecule has 1 amide bonds. The third kappa shape index (κ3) is 5.58. The fourth-order valence-corrected chi connectivity index (χ4v) is 3.16. The summed E-state index contributed by atoms with van der Waals surface area (Å²) < 4.78 is 0. The monoisotopic (exact) mass is 335 g/mol. The number of nitrogens with one attached hydrogen (secondary N) is 2. The van der Waals surface area contributed by atoms with Gasteiger partial charge in [0, 0.05) is 19.2 Å². The lowest BCUT2D eigenvalue weighted by Gasteiger charge is -2.28. The Bertz CT molecular complexity index is 541. The van der Waals surface area contributed by atoms with Crippen LogP contribution in [0.2, 0.25) is 0 Å². The van der Waals surface area contributed by atoms with Crippen molar-refractivity contribution in [3.05, 3.63) is 29.6 Å². The van der Waals surface area contributed by atoms with Gasteiger partial charge in [-0.2, -0.15) is 0 Å². The molecule has 7 heteroatoms. The Morgan fingerprint density at radius 3 is 2.58 bits per heavy atom. The number of carboxylic acids is 1. The Hall–Kier alpha value is -1.99. The molecule has 1 saturated carbocycles. The molecule has 0 spiro atoms. The smallest absolute Gasteiger partial charge is 0.320 e. The summed E-state index contributed by atoms with van der Waals surface area (Å²) in [5.74, 6) is -1.04. The average molecular weight is 335 g/mol. The molecule has 0 aromatic carbocycles. The number of carbonyl (C=O) groups excluding carboxylic acids is 1. The van der Waals surface area contributed by atoms with Gasteiger partial charge in [-0.05, 0) is 36.8 Å². The van der Waals surface area contributed by atoms with Gasteiger partial charge in [0.05, 0.1) is 5.69 Å². The minimum absolute atomic E-state index is 0.188. The predicted octanol–water partition coefficient (Wildman–Crippen LogP) is 1.64. The van der Waals surface area contributed by atoms with Crippen LogP contribution in [0.3, 0.4) is 0 Å². The van der Waals surface area contributed by atoms with E-state index in [4.69, 9.17) is 5.21 Å². The number of aromatic nitrogens is 1. The van der Waals surface area contributed by atoms with Crippen molar-refractivity contribution in [3.63, 3.8) is 0 Å². The molecule has 132 valence electrons. The Morgan fingerprint density at radius 1 is 1.25 bits per heavy atom. The quantitative estimate of drug-likeness (QED) is 0.424.